The van der Waals surface area contributed by atoms with Crippen LogP contribution in [0.4, 0.5) is 10.8 Å². The summed E-state index contributed by atoms with van der Waals surface area (Å²) in [5, 5.41) is 11.5. The highest BCUT2D eigenvalue weighted by Crippen LogP contribution is 2.34. The third-order valence-corrected chi connectivity index (χ3v) is 6.81. The maximum atomic E-state index is 12.4. The van der Waals surface area contributed by atoms with Crippen LogP contribution in [0, 0.1) is 27.7 Å². The van der Waals surface area contributed by atoms with E-state index in [4.69, 9.17) is 9.40 Å². The van der Waals surface area contributed by atoms with Crippen molar-refractivity contribution in [2.45, 2.75) is 45.6 Å². The number of anilines is 2. The van der Waals surface area contributed by atoms with Crippen molar-refractivity contribution < 1.29 is 9.21 Å². The summed E-state index contributed by atoms with van der Waals surface area (Å²) < 4.78 is 5.84. The lowest BCUT2D eigenvalue weighted by Crippen LogP contribution is -2.23. The Bertz CT molecular complexity index is 1260. The Balaban J connectivity index is 1.49. The molecule has 0 fully saturated rings. The molecule has 0 N–H and O–H groups in total. The Kier molecular flexibility index (Phi) is 6.43. The quantitative estimate of drug-likeness (QED) is 0.307. The highest BCUT2D eigenvalue weighted by Gasteiger charge is 2.20. The molecule has 0 aliphatic heterocycles. The second-order valence-corrected chi connectivity index (χ2v) is 9.50. The zero-order valence-corrected chi connectivity index (χ0v) is 20.3. The van der Waals surface area contributed by atoms with Gasteiger partial charge in [-0.1, -0.05) is 41.1 Å². The number of thioether (sulfide) groups is 1. The van der Waals surface area contributed by atoms with Gasteiger partial charge in [0.25, 0.3) is 5.22 Å². The van der Waals surface area contributed by atoms with Crippen LogP contribution in [0.2, 0.25) is 0 Å². The molecule has 2 aromatic carbocycles. The molecule has 0 bridgehead atoms. The Morgan fingerprint density at radius 2 is 1.84 bits per heavy atom. The smallest absolute Gasteiger partial charge is 0.277 e. The van der Waals surface area contributed by atoms with Gasteiger partial charge in [0.05, 0.1) is 11.4 Å². The van der Waals surface area contributed by atoms with Gasteiger partial charge in [0.15, 0.2) is 5.13 Å². The first-order valence-corrected chi connectivity index (χ1v) is 12.0. The number of carbonyl (C=O) groups is 1. The highest BCUT2D eigenvalue weighted by molar-refractivity contribution is 7.98. The predicted molar refractivity (Wildman–Crippen MR) is 130 cm³/mol. The zero-order valence-electron chi connectivity index (χ0n) is 18.7. The lowest BCUT2D eigenvalue weighted by Gasteiger charge is -2.21. The van der Waals surface area contributed by atoms with Gasteiger partial charge in [-0.15, -0.1) is 21.5 Å². The number of aryl methyl sites for hydroxylation is 3. The lowest BCUT2D eigenvalue weighted by atomic mass is 10.1. The molecule has 6 nitrogen and oxygen atoms in total. The van der Waals surface area contributed by atoms with Crippen LogP contribution >= 0.6 is 23.1 Å². The molecule has 0 spiro atoms. The SMILES string of the molecule is CC(=O)N(c1nc(CSc2nnc(-c3cc(C)cc(C)c3)o2)cs1)c1cccc(C)c1C. The van der Waals surface area contributed by atoms with Crippen molar-refractivity contribution in [1.29, 1.82) is 0 Å². The fourth-order valence-corrected chi connectivity index (χ4v) is 5.11. The maximum absolute atomic E-state index is 12.4. The summed E-state index contributed by atoms with van der Waals surface area (Å²) in [6.45, 7) is 9.71. The van der Waals surface area contributed by atoms with Crippen molar-refractivity contribution >= 4 is 39.8 Å². The number of benzene rings is 2. The number of amides is 1. The van der Waals surface area contributed by atoms with E-state index in [9.17, 15) is 4.79 Å². The number of aromatic nitrogens is 3. The predicted octanol–water partition coefficient (Wildman–Crippen LogP) is 6.40. The van der Waals surface area contributed by atoms with Gasteiger partial charge >= 0.3 is 0 Å². The lowest BCUT2D eigenvalue weighted by molar-refractivity contribution is -0.115. The molecule has 1 amide bonds. The minimum atomic E-state index is -0.0674. The molecule has 8 heteroatoms. The molecule has 0 aliphatic rings. The molecule has 2 heterocycles. The minimum Gasteiger partial charge on any atom is -0.411 e. The van der Waals surface area contributed by atoms with Crippen LogP contribution in [0.3, 0.4) is 0 Å². The highest BCUT2D eigenvalue weighted by atomic mass is 32.2. The first-order chi connectivity index (χ1) is 15.3. The maximum Gasteiger partial charge on any atom is 0.277 e. The third kappa shape index (κ3) is 4.76. The monoisotopic (exact) mass is 464 g/mol. The third-order valence-electron chi connectivity index (χ3n) is 5.08. The summed E-state index contributed by atoms with van der Waals surface area (Å²) in [4.78, 5) is 18.8. The molecule has 32 heavy (non-hydrogen) atoms. The number of hydrogen-bond acceptors (Lipinski definition) is 7. The Morgan fingerprint density at radius 1 is 1.09 bits per heavy atom. The van der Waals surface area contributed by atoms with Crippen LogP contribution in [0.15, 0.2) is 51.4 Å². The summed E-state index contributed by atoms with van der Waals surface area (Å²) in [6, 6.07) is 12.1. The molecule has 0 radical (unpaired) electrons. The summed E-state index contributed by atoms with van der Waals surface area (Å²) in [5.41, 5.74) is 7.15. The molecule has 0 unspecified atom stereocenters. The molecule has 2 aromatic heterocycles. The summed E-state index contributed by atoms with van der Waals surface area (Å²) >= 11 is 2.88. The van der Waals surface area contributed by atoms with Gasteiger partial charge in [0.2, 0.25) is 11.8 Å². The molecule has 0 saturated heterocycles. The molecule has 0 atom stereocenters. The molecule has 0 saturated carbocycles. The number of thiazole rings is 1. The van der Waals surface area contributed by atoms with Crippen LogP contribution in [0.25, 0.3) is 11.5 Å². The van der Waals surface area contributed by atoms with Gasteiger partial charge in [-0.2, -0.15) is 0 Å². The van der Waals surface area contributed by atoms with E-state index in [2.05, 4.69) is 16.3 Å². The topological polar surface area (TPSA) is 72.1 Å². The summed E-state index contributed by atoms with van der Waals surface area (Å²) in [7, 11) is 0. The van der Waals surface area contributed by atoms with Crippen molar-refractivity contribution in [3.05, 3.63) is 69.7 Å². The first kappa shape index (κ1) is 22.2. The summed E-state index contributed by atoms with van der Waals surface area (Å²) in [6.07, 6.45) is 0. The van der Waals surface area contributed by atoms with Crippen LogP contribution in [-0.4, -0.2) is 21.1 Å². The second kappa shape index (κ2) is 9.26. The normalized spacial score (nSPS) is 11.0. The van der Waals surface area contributed by atoms with Gasteiger partial charge < -0.3 is 4.42 Å². The molecular weight excluding hydrogens is 440 g/mol. The Labute approximate surface area is 195 Å². The molecule has 164 valence electrons. The van der Waals surface area contributed by atoms with Gasteiger partial charge in [-0.25, -0.2) is 4.98 Å². The van der Waals surface area contributed by atoms with E-state index in [1.807, 2.05) is 63.4 Å². The number of carbonyl (C=O) groups excluding carboxylic acids is 1. The Hall–Kier alpha value is -2.97. The molecular formula is C24H24N4O2S2. The number of nitrogens with zero attached hydrogens (tertiary/aromatic N) is 4. The van der Waals surface area contributed by atoms with Crippen molar-refractivity contribution in [3.8, 4) is 11.5 Å². The van der Waals surface area contributed by atoms with Crippen molar-refractivity contribution in [3.63, 3.8) is 0 Å². The van der Waals surface area contributed by atoms with Crippen molar-refractivity contribution in [1.82, 2.24) is 15.2 Å². The van der Waals surface area contributed by atoms with Crippen LogP contribution in [0.1, 0.15) is 34.9 Å². The average Bonchev–Trinajstić information content (AvgIpc) is 3.39. The summed E-state index contributed by atoms with van der Waals surface area (Å²) in [5.74, 6) is 1.02. The molecule has 4 aromatic rings. The van der Waals surface area contributed by atoms with Gasteiger partial charge in [0, 0.05) is 23.6 Å². The van der Waals surface area contributed by atoms with E-state index in [0.717, 1.165) is 39.2 Å². The average molecular weight is 465 g/mol. The van der Waals surface area contributed by atoms with Gasteiger partial charge in [-0.05, 0) is 57.0 Å². The number of rotatable bonds is 6. The zero-order chi connectivity index (χ0) is 22.8. The van der Waals surface area contributed by atoms with Crippen LogP contribution in [-0.2, 0) is 10.5 Å². The standard InChI is InChI=1S/C24H24N4O2S2/c1-14-9-15(2)11-19(10-14)22-26-27-24(30-22)32-13-20-12-31-23(25-20)28(18(5)29)21-8-6-7-16(3)17(21)4/h6-12H,13H2,1-5H3. The van der Waals surface area contributed by atoms with Gasteiger partial charge in [-0.3, -0.25) is 9.69 Å². The Morgan fingerprint density at radius 3 is 2.56 bits per heavy atom. The fraction of sp³-hybridized carbons (Fsp3) is 0.250. The van der Waals surface area contributed by atoms with E-state index < -0.39 is 0 Å². The minimum absolute atomic E-state index is 0.0674. The number of hydrogen-bond donors (Lipinski definition) is 0. The molecule has 4 rings (SSSR count). The van der Waals surface area contributed by atoms with E-state index in [1.54, 1.807) is 11.8 Å². The van der Waals surface area contributed by atoms with Crippen molar-refractivity contribution in [2.75, 3.05) is 4.90 Å². The van der Waals surface area contributed by atoms with Gasteiger partial charge in [0.1, 0.15) is 0 Å². The molecule has 0 aliphatic carbocycles. The largest absolute Gasteiger partial charge is 0.411 e. The van der Waals surface area contributed by atoms with E-state index in [0.29, 0.717) is 22.0 Å². The van der Waals surface area contributed by atoms with Crippen molar-refractivity contribution in [2.24, 2.45) is 0 Å². The first-order valence-electron chi connectivity index (χ1n) is 10.2. The van der Waals surface area contributed by atoms with E-state index in [-0.39, 0.29) is 5.91 Å². The fourth-order valence-electron chi connectivity index (χ4n) is 3.47. The van der Waals surface area contributed by atoms with Crippen LogP contribution in [0.5, 0.6) is 0 Å². The second-order valence-electron chi connectivity index (χ2n) is 7.73. The van der Waals surface area contributed by atoms with E-state index in [1.165, 1.54) is 23.1 Å². The van der Waals surface area contributed by atoms with E-state index >= 15 is 0 Å². The van der Waals surface area contributed by atoms with Crippen LogP contribution < -0.4 is 4.90 Å².